The molecule has 2 aromatic rings. The lowest BCUT2D eigenvalue weighted by molar-refractivity contribution is 0.00578. The van der Waals surface area contributed by atoms with E-state index in [2.05, 4.69) is 5.10 Å². The summed E-state index contributed by atoms with van der Waals surface area (Å²) in [7, 11) is 1.20. The fourth-order valence-corrected chi connectivity index (χ4v) is 2.87. The molecule has 1 aliphatic heterocycles. The maximum absolute atomic E-state index is 6.61. The predicted octanol–water partition coefficient (Wildman–Crippen LogP) is 2.64. The van der Waals surface area contributed by atoms with Crippen molar-refractivity contribution in [3.63, 3.8) is 0 Å². The minimum atomic E-state index is -0.473. The van der Waals surface area contributed by atoms with Gasteiger partial charge in [-0.15, -0.1) is 0 Å². The summed E-state index contributed by atoms with van der Waals surface area (Å²) in [6, 6.07) is 3.88. The van der Waals surface area contributed by atoms with Gasteiger partial charge in [0.15, 0.2) is 0 Å². The largest absolute Gasteiger partial charge is 0.496 e. The smallest absolute Gasteiger partial charge is 0.399 e. The van der Waals surface area contributed by atoms with Crippen molar-refractivity contribution < 1.29 is 14.0 Å². The molecular formula is C16H22BClN2O3. The molecule has 0 amide bonds. The van der Waals surface area contributed by atoms with E-state index in [1.807, 2.05) is 50.7 Å². The topological polar surface area (TPSA) is 45.5 Å². The second-order valence-corrected chi connectivity index (χ2v) is 7.25. The van der Waals surface area contributed by atoms with Gasteiger partial charge in [-0.3, -0.25) is 4.68 Å². The van der Waals surface area contributed by atoms with Crippen LogP contribution in [0.1, 0.15) is 27.7 Å². The average molecular weight is 337 g/mol. The molecule has 0 radical (unpaired) electrons. The zero-order valence-electron chi connectivity index (χ0n) is 14.2. The Labute approximate surface area is 142 Å². The first-order chi connectivity index (χ1) is 10.7. The Bertz CT molecular complexity index is 713. The van der Waals surface area contributed by atoms with E-state index >= 15 is 0 Å². The quantitative estimate of drug-likeness (QED) is 0.805. The monoisotopic (exact) mass is 336 g/mol. The van der Waals surface area contributed by atoms with Crippen LogP contribution in [0.3, 0.4) is 0 Å². The molecule has 23 heavy (non-hydrogen) atoms. The number of methoxy groups -OCH3 is 1. The van der Waals surface area contributed by atoms with Crippen molar-refractivity contribution in [2.75, 3.05) is 13.7 Å². The molecule has 5 nitrogen and oxygen atoms in total. The number of benzene rings is 1. The van der Waals surface area contributed by atoms with E-state index in [1.165, 1.54) is 0 Å². The van der Waals surface area contributed by atoms with Crippen LogP contribution in [0.15, 0.2) is 18.3 Å². The van der Waals surface area contributed by atoms with Gasteiger partial charge in [0, 0.05) is 24.2 Å². The first-order valence-electron chi connectivity index (χ1n) is 7.75. The Morgan fingerprint density at radius 2 is 1.87 bits per heavy atom. The van der Waals surface area contributed by atoms with Crippen LogP contribution >= 0.6 is 11.6 Å². The Morgan fingerprint density at radius 3 is 2.48 bits per heavy atom. The van der Waals surface area contributed by atoms with Gasteiger partial charge < -0.3 is 14.0 Å². The van der Waals surface area contributed by atoms with Crippen LogP contribution in [0.2, 0.25) is 5.02 Å². The summed E-state index contributed by atoms with van der Waals surface area (Å²) >= 11 is 6.61. The fourth-order valence-electron chi connectivity index (χ4n) is 2.58. The van der Waals surface area contributed by atoms with Crippen molar-refractivity contribution in [2.45, 2.75) is 45.4 Å². The van der Waals surface area contributed by atoms with Gasteiger partial charge in [-0.05, 0) is 33.8 Å². The third-order valence-electron chi connectivity index (χ3n) is 4.73. The molecule has 0 unspecified atom stereocenters. The van der Waals surface area contributed by atoms with E-state index in [0.717, 1.165) is 16.4 Å². The highest BCUT2D eigenvalue weighted by Crippen LogP contribution is 2.37. The van der Waals surface area contributed by atoms with Crippen molar-refractivity contribution in [1.29, 1.82) is 0 Å². The van der Waals surface area contributed by atoms with E-state index in [9.17, 15) is 0 Å². The Hall–Kier alpha value is -1.08. The van der Waals surface area contributed by atoms with Gasteiger partial charge in [0.1, 0.15) is 0 Å². The van der Waals surface area contributed by atoms with Crippen LogP contribution in [0.25, 0.3) is 10.9 Å². The normalized spacial score (nSPS) is 19.7. The van der Waals surface area contributed by atoms with Crippen molar-refractivity contribution in [3.8, 4) is 0 Å². The van der Waals surface area contributed by atoms with Crippen LogP contribution < -0.4 is 5.46 Å². The third-order valence-corrected chi connectivity index (χ3v) is 5.15. The van der Waals surface area contributed by atoms with Crippen molar-refractivity contribution in [3.05, 3.63) is 23.4 Å². The Kier molecular flexibility index (Phi) is 4.21. The number of aromatic nitrogens is 2. The molecule has 0 N–H and O–H groups in total. The van der Waals surface area contributed by atoms with Crippen LogP contribution in [0.5, 0.6) is 0 Å². The lowest BCUT2D eigenvalue weighted by Gasteiger charge is -2.32. The summed E-state index contributed by atoms with van der Waals surface area (Å²) < 4.78 is 19.1. The summed E-state index contributed by atoms with van der Waals surface area (Å²) in [6.45, 7) is 9.41. The summed E-state index contributed by atoms with van der Waals surface area (Å²) in [5.74, 6) is 0. The number of rotatable bonds is 4. The molecule has 0 spiro atoms. The highest BCUT2D eigenvalue weighted by Gasteiger charge is 2.52. The fraction of sp³-hybridized carbons (Fsp3) is 0.562. The number of ether oxygens (including phenoxy) is 1. The van der Waals surface area contributed by atoms with Gasteiger partial charge in [-0.1, -0.05) is 17.7 Å². The summed E-state index contributed by atoms with van der Waals surface area (Å²) in [5.41, 5.74) is 0.910. The summed E-state index contributed by atoms with van der Waals surface area (Å²) in [6.07, 6.45) is 1.94. The molecule has 1 fully saturated rings. The first-order valence-corrected chi connectivity index (χ1v) is 8.13. The van der Waals surface area contributed by atoms with Crippen molar-refractivity contribution in [2.24, 2.45) is 0 Å². The highest BCUT2D eigenvalue weighted by atomic mass is 35.5. The second kappa shape index (κ2) is 5.78. The molecule has 2 heterocycles. The van der Waals surface area contributed by atoms with E-state index in [4.69, 9.17) is 25.6 Å². The molecule has 1 aromatic carbocycles. The molecule has 0 atom stereocenters. The molecule has 0 aliphatic carbocycles. The van der Waals surface area contributed by atoms with Gasteiger partial charge in [0.2, 0.25) is 0 Å². The number of hydrogen-bond acceptors (Lipinski definition) is 4. The van der Waals surface area contributed by atoms with E-state index in [0.29, 0.717) is 18.2 Å². The average Bonchev–Trinajstić information content (AvgIpc) is 2.96. The third kappa shape index (κ3) is 2.89. The van der Waals surface area contributed by atoms with Crippen molar-refractivity contribution in [1.82, 2.24) is 9.78 Å². The zero-order valence-corrected chi connectivity index (χ0v) is 15.0. The minimum absolute atomic E-state index is 0.390. The SMILES string of the molecule is COCCn1cc2c(Cl)c(B3OC(C)(C)C(C)(C)O3)ccc2n1. The van der Waals surface area contributed by atoms with Gasteiger partial charge in [0.05, 0.1) is 34.9 Å². The lowest BCUT2D eigenvalue weighted by Crippen LogP contribution is -2.41. The molecular weight excluding hydrogens is 314 g/mol. The molecule has 0 bridgehead atoms. The molecule has 7 heteroatoms. The highest BCUT2D eigenvalue weighted by molar-refractivity contribution is 6.66. The molecule has 3 rings (SSSR count). The molecule has 1 aromatic heterocycles. The Morgan fingerprint density at radius 1 is 1.22 bits per heavy atom. The van der Waals surface area contributed by atoms with Crippen LogP contribution in [0.4, 0.5) is 0 Å². The maximum Gasteiger partial charge on any atom is 0.496 e. The maximum atomic E-state index is 6.61. The van der Waals surface area contributed by atoms with E-state index in [-0.39, 0.29) is 0 Å². The van der Waals surface area contributed by atoms with Gasteiger partial charge >= 0.3 is 7.12 Å². The van der Waals surface area contributed by atoms with Crippen molar-refractivity contribution >= 4 is 35.1 Å². The first kappa shape index (κ1) is 16.8. The summed E-state index contributed by atoms with van der Waals surface area (Å²) in [4.78, 5) is 0. The number of fused-ring (bicyclic) bond motifs is 1. The predicted molar refractivity (Wildman–Crippen MR) is 92.3 cm³/mol. The van der Waals surface area contributed by atoms with Crippen LogP contribution in [-0.4, -0.2) is 41.8 Å². The summed E-state index contributed by atoms with van der Waals surface area (Å²) in [5, 5.41) is 6.03. The van der Waals surface area contributed by atoms with Gasteiger partial charge in [-0.25, -0.2) is 0 Å². The molecule has 0 saturated carbocycles. The van der Waals surface area contributed by atoms with E-state index in [1.54, 1.807) is 7.11 Å². The van der Waals surface area contributed by atoms with Gasteiger partial charge in [0.25, 0.3) is 0 Å². The number of halogens is 1. The minimum Gasteiger partial charge on any atom is -0.399 e. The molecule has 1 saturated heterocycles. The van der Waals surface area contributed by atoms with Crippen LogP contribution in [0, 0.1) is 0 Å². The van der Waals surface area contributed by atoms with Gasteiger partial charge in [-0.2, -0.15) is 5.10 Å². The Balaban J connectivity index is 1.95. The second-order valence-electron chi connectivity index (χ2n) is 6.87. The lowest BCUT2D eigenvalue weighted by atomic mass is 9.78. The van der Waals surface area contributed by atoms with E-state index < -0.39 is 18.3 Å². The number of hydrogen-bond donors (Lipinski definition) is 0. The number of nitrogens with zero attached hydrogens (tertiary/aromatic N) is 2. The zero-order chi connectivity index (χ0) is 16.8. The standard InChI is InChI=1S/C16H22BClN2O3/c1-15(2)16(3,4)23-17(22-15)12-6-7-13-11(14(12)18)10-20(19-13)8-9-21-5/h6-7,10H,8-9H2,1-5H3. The molecule has 1 aliphatic rings. The molecule has 124 valence electrons. The van der Waals surface area contributed by atoms with Crippen LogP contribution in [-0.2, 0) is 20.6 Å².